The van der Waals surface area contributed by atoms with Crippen LogP contribution in [0.25, 0.3) is 0 Å². The lowest BCUT2D eigenvalue weighted by Gasteiger charge is -2.23. The van der Waals surface area contributed by atoms with Gasteiger partial charge in [-0.2, -0.15) is 5.10 Å². The SMILES string of the molecule is COc1ccc(S(=O)(=O)N(CC(=O)N/N=C/c2cccc(Cl)c2)c2ccc(Cl)cc2)cc1. The lowest BCUT2D eigenvalue weighted by Crippen LogP contribution is -2.39. The summed E-state index contributed by atoms with van der Waals surface area (Å²) in [7, 11) is -2.58. The molecule has 0 aliphatic heterocycles. The van der Waals surface area contributed by atoms with Crippen LogP contribution in [0.15, 0.2) is 82.8 Å². The Morgan fingerprint density at radius 2 is 1.72 bits per heavy atom. The number of carbonyl (C=O) groups is 1. The maximum Gasteiger partial charge on any atom is 0.264 e. The van der Waals surface area contributed by atoms with Crippen LogP contribution in [0.2, 0.25) is 10.0 Å². The second kappa shape index (κ2) is 10.5. The van der Waals surface area contributed by atoms with E-state index in [1.54, 1.807) is 36.4 Å². The fourth-order valence-corrected chi connectivity index (χ4v) is 4.47. The summed E-state index contributed by atoms with van der Waals surface area (Å²) < 4.78 is 32.7. The molecule has 3 aromatic rings. The van der Waals surface area contributed by atoms with Crippen LogP contribution in [0.3, 0.4) is 0 Å². The average molecular weight is 492 g/mol. The summed E-state index contributed by atoms with van der Waals surface area (Å²) in [5.41, 5.74) is 3.30. The number of hydrogen-bond donors (Lipinski definition) is 1. The van der Waals surface area contributed by atoms with Crippen LogP contribution in [0.1, 0.15) is 5.56 Å². The molecule has 0 aliphatic rings. The topological polar surface area (TPSA) is 88.1 Å². The molecule has 0 radical (unpaired) electrons. The second-order valence-corrected chi connectivity index (χ2v) is 9.25. The number of nitrogens with zero attached hydrogens (tertiary/aromatic N) is 2. The van der Waals surface area contributed by atoms with Crippen molar-refractivity contribution in [3.63, 3.8) is 0 Å². The molecule has 0 aromatic heterocycles. The summed E-state index contributed by atoms with van der Waals surface area (Å²) in [6.45, 7) is -0.497. The van der Waals surface area contributed by atoms with Crippen LogP contribution in [0.4, 0.5) is 5.69 Å². The summed E-state index contributed by atoms with van der Waals surface area (Å²) in [5.74, 6) is -0.120. The number of rotatable bonds is 8. The first-order valence-electron chi connectivity index (χ1n) is 9.29. The van der Waals surface area contributed by atoms with E-state index in [1.807, 2.05) is 0 Å². The molecule has 7 nitrogen and oxygen atoms in total. The van der Waals surface area contributed by atoms with Crippen LogP contribution < -0.4 is 14.5 Å². The molecule has 0 unspecified atom stereocenters. The second-order valence-electron chi connectivity index (χ2n) is 6.51. The van der Waals surface area contributed by atoms with Crippen LogP contribution in [0, 0.1) is 0 Å². The number of benzene rings is 3. The van der Waals surface area contributed by atoms with Gasteiger partial charge in [0.05, 0.1) is 23.9 Å². The van der Waals surface area contributed by atoms with E-state index in [0.717, 1.165) is 4.31 Å². The van der Waals surface area contributed by atoms with E-state index in [2.05, 4.69) is 10.5 Å². The quantitative estimate of drug-likeness (QED) is 0.374. The molecule has 1 amide bonds. The van der Waals surface area contributed by atoms with Crippen LogP contribution in [-0.4, -0.2) is 34.2 Å². The van der Waals surface area contributed by atoms with Crippen molar-refractivity contribution in [1.29, 1.82) is 0 Å². The Morgan fingerprint density at radius 3 is 2.34 bits per heavy atom. The van der Waals surface area contributed by atoms with Gasteiger partial charge < -0.3 is 4.74 Å². The summed E-state index contributed by atoms with van der Waals surface area (Å²) in [5, 5.41) is 4.84. The molecule has 0 atom stereocenters. The number of ether oxygens (including phenoxy) is 1. The predicted molar refractivity (Wildman–Crippen MR) is 126 cm³/mol. The third-order valence-corrected chi connectivity index (χ3v) is 6.58. The Hall–Kier alpha value is -3.07. The summed E-state index contributed by atoms with van der Waals surface area (Å²) >= 11 is 11.9. The molecule has 0 saturated carbocycles. The minimum absolute atomic E-state index is 0.00322. The Labute approximate surface area is 196 Å². The van der Waals surface area contributed by atoms with Crippen molar-refractivity contribution in [2.45, 2.75) is 4.90 Å². The predicted octanol–water partition coefficient (Wildman–Crippen LogP) is 4.35. The molecule has 3 aromatic carbocycles. The van der Waals surface area contributed by atoms with E-state index in [0.29, 0.717) is 21.4 Å². The number of anilines is 1. The number of carbonyl (C=O) groups excluding carboxylic acids is 1. The van der Waals surface area contributed by atoms with E-state index in [1.165, 1.54) is 49.7 Å². The maximum atomic E-state index is 13.3. The van der Waals surface area contributed by atoms with Crippen molar-refractivity contribution in [2.75, 3.05) is 18.0 Å². The Bertz CT molecular complexity index is 1210. The van der Waals surface area contributed by atoms with Gasteiger partial charge in [0.25, 0.3) is 15.9 Å². The van der Waals surface area contributed by atoms with Crippen LogP contribution in [-0.2, 0) is 14.8 Å². The molecule has 0 heterocycles. The summed E-state index contributed by atoms with van der Waals surface area (Å²) in [6, 6.07) is 18.9. The number of sulfonamides is 1. The van der Waals surface area contributed by atoms with Gasteiger partial charge in [0.1, 0.15) is 12.3 Å². The van der Waals surface area contributed by atoms with Crippen molar-refractivity contribution in [1.82, 2.24) is 5.43 Å². The van der Waals surface area contributed by atoms with Gasteiger partial charge in [0.15, 0.2) is 0 Å². The first kappa shape index (κ1) is 23.6. The monoisotopic (exact) mass is 491 g/mol. The number of amides is 1. The fraction of sp³-hybridized carbons (Fsp3) is 0.0909. The first-order valence-corrected chi connectivity index (χ1v) is 11.5. The van der Waals surface area contributed by atoms with Gasteiger partial charge in [-0.3, -0.25) is 9.10 Å². The molecule has 3 rings (SSSR count). The molecule has 0 saturated heterocycles. The number of halogens is 2. The fourth-order valence-electron chi connectivity index (χ4n) is 2.73. The average Bonchev–Trinajstić information content (AvgIpc) is 2.78. The van der Waals surface area contributed by atoms with Crippen molar-refractivity contribution in [2.24, 2.45) is 5.10 Å². The van der Waals surface area contributed by atoms with Gasteiger partial charge in [0.2, 0.25) is 0 Å². The van der Waals surface area contributed by atoms with Gasteiger partial charge >= 0.3 is 0 Å². The highest BCUT2D eigenvalue weighted by molar-refractivity contribution is 7.92. The molecule has 166 valence electrons. The highest BCUT2D eigenvalue weighted by atomic mass is 35.5. The zero-order valence-corrected chi connectivity index (χ0v) is 19.2. The van der Waals surface area contributed by atoms with Crippen LogP contribution in [0.5, 0.6) is 5.75 Å². The first-order chi connectivity index (χ1) is 15.3. The van der Waals surface area contributed by atoms with Gasteiger partial charge in [-0.15, -0.1) is 0 Å². The van der Waals surface area contributed by atoms with Crippen molar-refractivity contribution >= 4 is 51.0 Å². The third kappa shape index (κ3) is 6.00. The van der Waals surface area contributed by atoms with Crippen LogP contribution >= 0.6 is 23.2 Å². The zero-order valence-electron chi connectivity index (χ0n) is 16.9. The molecule has 0 aliphatic carbocycles. The Kier molecular flexibility index (Phi) is 7.74. The lowest BCUT2D eigenvalue weighted by atomic mass is 10.2. The molecule has 0 spiro atoms. The van der Waals surface area contributed by atoms with E-state index in [9.17, 15) is 13.2 Å². The standard InChI is InChI=1S/C22H19Cl2N3O4S/c1-31-20-9-11-21(12-10-20)32(29,30)27(19-7-5-17(23)6-8-19)15-22(28)26-25-14-16-3-2-4-18(24)13-16/h2-14H,15H2,1H3,(H,26,28)/b25-14+. The zero-order chi connectivity index (χ0) is 23.1. The minimum atomic E-state index is -4.07. The van der Waals surface area contributed by atoms with Gasteiger partial charge in [-0.1, -0.05) is 35.3 Å². The highest BCUT2D eigenvalue weighted by Gasteiger charge is 2.27. The molecular formula is C22H19Cl2N3O4S. The van der Waals surface area contributed by atoms with Crippen molar-refractivity contribution in [3.05, 3.63) is 88.4 Å². The summed E-state index contributed by atoms with van der Waals surface area (Å²) in [4.78, 5) is 12.5. The van der Waals surface area contributed by atoms with E-state index < -0.39 is 22.5 Å². The largest absolute Gasteiger partial charge is 0.497 e. The lowest BCUT2D eigenvalue weighted by molar-refractivity contribution is -0.119. The van der Waals surface area contributed by atoms with Gasteiger partial charge in [-0.05, 0) is 66.2 Å². The van der Waals surface area contributed by atoms with E-state index in [-0.39, 0.29) is 10.6 Å². The molecule has 32 heavy (non-hydrogen) atoms. The van der Waals surface area contributed by atoms with Crippen molar-refractivity contribution in [3.8, 4) is 5.75 Å². The molecule has 1 N–H and O–H groups in total. The number of nitrogens with one attached hydrogen (secondary N) is 1. The molecule has 0 bridgehead atoms. The summed E-state index contributed by atoms with van der Waals surface area (Å²) in [6.07, 6.45) is 1.41. The van der Waals surface area contributed by atoms with Crippen molar-refractivity contribution < 1.29 is 17.9 Å². The van der Waals surface area contributed by atoms with Gasteiger partial charge in [0, 0.05) is 10.0 Å². The Morgan fingerprint density at radius 1 is 1.03 bits per heavy atom. The van der Waals surface area contributed by atoms with Gasteiger partial charge in [-0.25, -0.2) is 13.8 Å². The number of hydrazone groups is 1. The molecule has 10 heteroatoms. The van der Waals surface area contributed by atoms with E-state index in [4.69, 9.17) is 27.9 Å². The Balaban J connectivity index is 1.84. The van der Waals surface area contributed by atoms with E-state index >= 15 is 0 Å². The highest BCUT2D eigenvalue weighted by Crippen LogP contribution is 2.26. The normalized spacial score (nSPS) is 11.3. The minimum Gasteiger partial charge on any atom is -0.497 e. The third-order valence-electron chi connectivity index (χ3n) is 4.30. The molecular weight excluding hydrogens is 473 g/mol. The molecule has 0 fully saturated rings. The number of hydrogen-bond acceptors (Lipinski definition) is 5. The number of methoxy groups -OCH3 is 1. The smallest absolute Gasteiger partial charge is 0.264 e. The maximum absolute atomic E-state index is 13.3.